The first-order valence-electron chi connectivity index (χ1n) is 11.2. The summed E-state index contributed by atoms with van der Waals surface area (Å²) >= 11 is 0. The van der Waals surface area contributed by atoms with Gasteiger partial charge in [-0.3, -0.25) is 10.1 Å². The van der Waals surface area contributed by atoms with Crippen LogP contribution in [0.3, 0.4) is 0 Å². The molecule has 3 rings (SSSR count). The van der Waals surface area contributed by atoms with E-state index in [0.717, 1.165) is 12.8 Å². The van der Waals surface area contributed by atoms with Crippen LogP contribution in [0.1, 0.15) is 74.5 Å². The van der Waals surface area contributed by atoms with Crippen molar-refractivity contribution < 1.29 is 23.2 Å². The lowest BCUT2D eigenvalue weighted by Crippen LogP contribution is -2.55. The average Bonchev–Trinajstić information content (AvgIpc) is 3.48. The van der Waals surface area contributed by atoms with Crippen molar-refractivity contribution in [1.82, 2.24) is 20.2 Å². The number of aryl methyl sites for hydroxylation is 2. The van der Waals surface area contributed by atoms with Crippen molar-refractivity contribution in [3.63, 3.8) is 0 Å². The number of ether oxygens (including phenoxy) is 1. The maximum absolute atomic E-state index is 13.6. The second-order valence-electron chi connectivity index (χ2n) is 9.35. The van der Waals surface area contributed by atoms with Crippen molar-refractivity contribution in [2.24, 2.45) is 5.92 Å². The molecule has 2 atom stereocenters. The van der Waals surface area contributed by atoms with Crippen LogP contribution in [-0.4, -0.2) is 52.0 Å². The fraction of sp³-hybridized carbons (Fsp3) is 0.583. The lowest BCUT2D eigenvalue weighted by Gasteiger charge is -2.34. The van der Waals surface area contributed by atoms with Crippen LogP contribution in [0, 0.1) is 19.8 Å². The molecule has 0 aliphatic carbocycles. The van der Waals surface area contributed by atoms with Crippen LogP contribution in [0.2, 0.25) is 0 Å². The fourth-order valence-electron chi connectivity index (χ4n) is 3.98. The highest BCUT2D eigenvalue weighted by molar-refractivity contribution is 5.88. The van der Waals surface area contributed by atoms with E-state index in [2.05, 4.69) is 21.9 Å². The number of aromatic nitrogens is 2. The van der Waals surface area contributed by atoms with Gasteiger partial charge in [-0.2, -0.15) is 0 Å². The summed E-state index contributed by atoms with van der Waals surface area (Å²) in [6.45, 7) is 15.9. The topological polar surface area (TPSA) is 111 Å². The summed E-state index contributed by atoms with van der Waals surface area (Å²) in [7, 11) is 1.29. The molecule has 1 amide bonds. The van der Waals surface area contributed by atoms with E-state index in [0.29, 0.717) is 29.6 Å². The van der Waals surface area contributed by atoms with Gasteiger partial charge in [0.25, 0.3) is 0 Å². The van der Waals surface area contributed by atoms with Gasteiger partial charge in [0, 0.05) is 12.1 Å². The van der Waals surface area contributed by atoms with Gasteiger partial charge in [0.05, 0.1) is 13.2 Å². The number of amides is 1. The maximum Gasteiger partial charge on any atom is 0.360 e. The van der Waals surface area contributed by atoms with E-state index in [1.54, 1.807) is 13.8 Å². The molecular formula is C24H34N4O5. The van der Waals surface area contributed by atoms with Crippen molar-refractivity contribution in [2.75, 3.05) is 13.7 Å². The smallest absolute Gasteiger partial charge is 0.360 e. The minimum atomic E-state index is -0.578. The quantitative estimate of drug-likeness (QED) is 0.467. The van der Waals surface area contributed by atoms with Crippen LogP contribution in [0.15, 0.2) is 21.5 Å². The Bertz CT molecular complexity index is 1040. The minimum absolute atomic E-state index is 0.0137. The molecule has 0 spiro atoms. The Labute approximate surface area is 194 Å². The molecule has 3 heterocycles. The van der Waals surface area contributed by atoms with Crippen LogP contribution in [-0.2, 0) is 9.53 Å². The molecule has 1 aliphatic rings. The molecule has 0 aromatic carbocycles. The average molecular weight is 459 g/mol. The second-order valence-corrected chi connectivity index (χ2v) is 9.35. The molecule has 2 aromatic rings. The van der Waals surface area contributed by atoms with Crippen molar-refractivity contribution in [2.45, 2.75) is 72.0 Å². The van der Waals surface area contributed by atoms with E-state index < -0.39 is 5.97 Å². The zero-order chi connectivity index (χ0) is 24.5. The summed E-state index contributed by atoms with van der Waals surface area (Å²) in [4.78, 5) is 36.2. The fourth-order valence-corrected chi connectivity index (χ4v) is 3.98. The molecule has 1 saturated heterocycles. The highest BCUT2D eigenvalue weighted by Crippen LogP contribution is 2.36. The minimum Gasteiger partial charge on any atom is -0.464 e. The Hall–Kier alpha value is -2.94. The number of carbonyl (C=O) groups excluding carboxylic acids is 2. The lowest BCUT2D eigenvalue weighted by atomic mass is 9.97. The Kier molecular flexibility index (Phi) is 7.11. The maximum atomic E-state index is 13.6. The van der Waals surface area contributed by atoms with Crippen LogP contribution in [0.4, 0.5) is 0 Å². The van der Waals surface area contributed by atoms with Crippen LogP contribution in [0.5, 0.6) is 0 Å². The number of hydrogen-bond donors (Lipinski definition) is 1. The Morgan fingerprint density at radius 2 is 1.94 bits per heavy atom. The van der Waals surface area contributed by atoms with E-state index in [4.69, 9.17) is 13.6 Å². The molecule has 180 valence electrons. The number of esters is 1. The number of rotatable bonds is 8. The normalized spacial score (nSPS) is 17.5. The lowest BCUT2D eigenvalue weighted by molar-refractivity contribution is -0.136. The van der Waals surface area contributed by atoms with E-state index >= 15 is 0 Å². The van der Waals surface area contributed by atoms with Gasteiger partial charge < -0.3 is 18.5 Å². The molecule has 1 aliphatic heterocycles. The molecule has 0 unspecified atom stereocenters. The van der Waals surface area contributed by atoms with Crippen LogP contribution < -0.4 is 5.32 Å². The Balaban J connectivity index is 1.89. The molecule has 0 bridgehead atoms. The molecule has 9 heteroatoms. The third-order valence-corrected chi connectivity index (χ3v) is 5.98. The third kappa shape index (κ3) is 5.03. The van der Waals surface area contributed by atoms with Gasteiger partial charge in [0.2, 0.25) is 17.7 Å². The molecule has 0 radical (unpaired) electrons. The number of methoxy groups -OCH3 is 1. The number of oxazole rings is 2. The number of carbonyl (C=O) groups is 2. The third-order valence-electron chi connectivity index (χ3n) is 5.98. The van der Waals surface area contributed by atoms with Crippen molar-refractivity contribution >= 4 is 11.9 Å². The monoisotopic (exact) mass is 458 g/mol. The molecular weight excluding hydrogens is 424 g/mol. The molecule has 2 aromatic heterocycles. The van der Waals surface area contributed by atoms with Gasteiger partial charge in [-0.25, -0.2) is 14.8 Å². The first kappa shape index (κ1) is 24.7. The molecule has 1 N–H and O–H groups in total. The van der Waals surface area contributed by atoms with Gasteiger partial charge in [-0.15, -0.1) is 6.58 Å². The summed E-state index contributed by atoms with van der Waals surface area (Å²) in [6, 6.07) is -0.651. The number of hydrogen-bond acceptors (Lipinski definition) is 8. The second kappa shape index (κ2) is 9.51. The van der Waals surface area contributed by atoms with E-state index in [1.807, 2.05) is 38.7 Å². The first-order chi connectivity index (χ1) is 15.5. The summed E-state index contributed by atoms with van der Waals surface area (Å²) in [6.07, 6.45) is 3.41. The Morgan fingerprint density at radius 1 is 1.24 bits per heavy atom. The van der Waals surface area contributed by atoms with Crippen molar-refractivity contribution in [1.29, 1.82) is 0 Å². The SMILES string of the molecule is C=CC(C)(C)N[C@H](C(=O)N1CCC[C@H]1c1nc(-c2nc(C(=O)OC)c(C)o2)c(C)o1)C(C)C. The van der Waals surface area contributed by atoms with Crippen LogP contribution in [0.25, 0.3) is 11.6 Å². The summed E-state index contributed by atoms with van der Waals surface area (Å²) in [5.74, 6) is 1.00. The van der Waals surface area contributed by atoms with Gasteiger partial charge in [0.15, 0.2) is 11.4 Å². The summed E-state index contributed by atoms with van der Waals surface area (Å²) < 4.78 is 16.4. The zero-order valence-electron chi connectivity index (χ0n) is 20.5. The summed E-state index contributed by atoms with van der Waals surface area (Å²) in [5.41, 5.74) is 0.130. The predicted molar refractivity (Wildman–Crippen MR) is 123 cm³/mol. The number of likely N-dealkylation sites (tertiary alicyclic amines) is 1. The van der Waals surface area contributed by atoms with Gasteiger partial charge >= 0.3 is 5.97 Å². The highest BCUT2D eigenvalue weighted by atomic mass is 16.5. The van der Waals surface area contributed by atoms with E-state index in [9.17, 15) is 9.59 Å². The number of nitrogens with zero attached hydrogens (tertiary/aromatic N) is 3. The van der Waals surface area contributed by atoms with Gasteiger partial charge in [-0.1, -0.05) is 19.9 Å². The largest absolute Gasteiger partial charge is 0.464 e. The molecule has 1 fully saturated rings. The number of nitrogens with one attached hydrogen (secondary N) is 1. The van der Waals surface area contributed by atoms with Gasteiger partial charge in [0.1, 0.15) is 17.6 Å². The standard InChI is InChI=1S/C24H34N4O5/c1-9-24(6,7)27-17(13(2)3)22(29)28-12-10-11-16(28)20-25-18(14(4)32-20)21-26-19(15(5)33-21)23(30)31-8/h9,13,16-17,27H,1,10-12H2,2-8H3/t16-,17-/m0/s1. The van der Waals surface area contributed by atoms with Crippen molar-refractivity contribution in [3.05, 3.63) is 35.8 Å². The zero-order valence-corrected chi connectivity index (χ0v) is 20.5. The highest BCUT2D eigenvalue weighted by Gasteiger charge is 2.39. The molecule has 0 saturated carbocycles. The van der Waals surface area contributed by atoms with E-state index in [-0.39, 0.29) is 41.0 Å². The Morgan fingerprint density at radius 3 is 2.55 bits per heavy atom. The predicted octanol–water partition coefficient (Wildman–Crippen LogP) is 3.98. The van der Waals surface area contributed by atoms with Crippen molar-refractivity contribution in [3.8, 4) is 11.6 Å². The van der Waals surface area contributed by atoms with Crippen LogP contribution >= 0.6 is 0 Å². The van der Waals surface area contributed by atoms with E-state index in [1.165, 1.54) is 7.11 Å². The van der Waals surface area contributed by atoms with Gasteiger partial charge in [-0.05, 0) is 46.5 Å². The summed E-state index contributed by atoms with van der Waals surface area (Å²) in [5, 5.41) is 3.43. The molecule has 9 nitrogen and oxygen atoms in total. The first-order valence-corrected chi connectivity index (χ1v) is 11.2. The molecule has 33 heavy (non-hydrogen) atoms.